The molecule has 1 aromatic carbocycles. The van der Waals surface area contributed by atoms with Gasteiger partial charge in [0.1, 0.15) is 11.5 Å². The molecule has 2 aliphatic heterocycles. The van der Waals surface area contributed by atoms with Crippen LogP contribution in [0.25, 0.3) is 5.78 Å². The molecule has 0 saturated carbocycles. The standard InChI is InChI=1S/C27H30F3N9O3S/c1-3-21-23(38-14-17(2)12-32-25(38)33-21)24(40)31-13-18-4-6-19(7-5-18)20-8-9-36(15-20)26-34-22-16-37(10-11-39(22)35-26)43(41,42)27(28,29)30/h4-7,12,14,20H,3,8-11,13,15-16H2,1-2H3,(H,31,40). The zero-order chi connectivity index (χ0) is 30.5. The molecule has 5 heterocycles. The number of rotatable bonds is 7. The summed E-state index contributed by atoms with van der Waals surface area (Å²) in [7, 11) is -5.43. The van der Waals surface area contributed by atoms with Gasteiger partial charge in [-0.05, 0) is 36.5 Å². The third-order valence-electron chi connectivity index (χ3n) is 7.85. The number of aromatic nitrogens is 6. The fraction of sp³-hybridized carbons (Fsp3) is 0.444. The summed E-state index contributed by atoms with van der Waals surface area (Å²) in [6.07, 6.45) is 5.01. The van der Waals surface area contributed by atoms with E-state index in [9.17, 15) is 26.4 Å². The average Bonchev–Trinajstić information content (AvgIpc) is 3.71. The van der Waals surface area contributed by atoms with Gasteiger partial charge in [-0.15, -0.1) is 5.10 Å². The highest BCUT2D eigenvalue weighted by molar-refractivity contribution is 7.89. The van der Waals surface area contributed by atoms with Crippen molar-refractivity contribution in [3.63, 3.8) is 0 Å². The number of anilines is 1. The van der Waals surface area contributed by atoms with Crippen LogP contribution in [0.15, 0.2) is 36.7 Å². The fourth-order valence-electron chi connectivity index (χ4n) is 5.54. The Labute approximate surface area is 245 Å². The quantitative estimate of drug-likeness (QED) is 0.335. The second-order valence-corrected chi connectivity index (χ2v) is 12.7. The number of fused-ring (bicyclic) bond motifs is 2. The summed E-state index contributed by atoms with van der Waals surface area (Å²) < 4.78 is 66.2. The zero-order valence-corrected chi connectivity index (χ0v) is 24.4. The Hall–Kier alpha value is -4.05. The summed E-state index contributed by atoms with van der Waals surface area (Å²) in [5.41, 5.74) is -1.20. The molecule has 12 nitrogen and oxygen atoms in total. The van der Waals surface area contributed by atoms with Crippen molar-refractivity contribution in [2.75, 3.05) is 24.5 Å². The number of hydrogen-bond acceptors (Lipinski definition) is 8. The van der Waals surface area contributed by atoms with Crippen LogP contribution in [-0.2, 0) is 36.1 Å². The van der Waals surface area contributed by atoms with Crippen LogP contribution >= 0.6 is 0 Å². The highest BCUT2D eigenvalue weighted by Crippen LogP contribution is 2.32. The molecule has 228 valence electrons. The molecule has 1 fully saturated rings. The summed E-state index contributed by atoms with van der Waals surface area (Å²) >= 11 is 0. The maximum atomic E-state index is 13.1. The molecule has 16 heteroatoms. The first-order valence-electron chi connectivity index (χ1n) is 13.9. The number of aryl methyl sites for hydroxylation is 2. The Kier molecular flexibility index (Phi) is 7.36. The number of sulfonamides is 1. The maximum Gasteiger partial charge on any atom is 0.511 e. The van der Waals surface area contributed by atoms with Crippen LogP contribution in [0, 0.1) is 6.92 Å². The van der Waals surface area contributed by atoms with Crippen molar-refractivity contribution >= 4 is 27.7 Å². The molecule has 1 amide bonds. The van der Waals surface area contributed by atoms with Crippen molar-refractivity contribution in [1.29, 1.82) is 0 Å². The van der Waals surface area contributed by atoms with E-state index >= 15 is 0 Å². The Morgan fingerprint density at radius 3 is 2.60 bits per heavy atom. The van der Waals surface area contributed by atoms with Gasteiger partial charge in [0.25, 0.3) is 5.91 Å². The van der Waals surface area contributed by atoms with Crippen molar-refractivity contribution in [3.05, 3.63) is 70.6 Å². The number of carbonyl (C=O) groups excluding carboxylic acids is 1. The number of amides is 1. The topological polar surface area (TPSA) is 131 Å². The van der Waals surface area contributed by atoms with Crippen LogP contribution < -0.4 is 10.2 Å². The Morgan fingerprint density at radius 1 is 1.12 bits per heavy atom. The molecule has 2 aliphatic rings. The molecule has 6 rings (SSSR count). The van der Waals surface area contributed by atoms with Gasteiger partial charge in [-0.2, -0.15) is 22.5 Å². The summed E-state index contributed by atoms with van der Waals surface area (Å²) in [6, 6.07) is 8.01. The summed E-state index contributed by atoms with van der Waals surface area (Å²) in [5.74, 6) is 1.02. The number of carbonyl (C=O) groups is 1. The van der Waals surface area contributed by atoms with Gasteiger partial charge >= 0.3 is 15.5 Å². The van der Waals surface area contributed by atoms with E-state index in [0.717, 1.165) is 23.1 Å². The molecule has 0 spiro atoms. The summed E-state index contributed by atoms with van der Waals surface area (Å²) in [4.78, 5) is 28.2. The molecule has 3 aromatic heterocycles. The Balaban J connectivity index is 1.07. The van der Waals surface area contributed by atoms with E-state index in [1.54, 1.807) is 10.6 Å². The molecule has 1 saturated heterocycles. The minimum absolute atomic E-state index is 0.000447. The van der Waals surface area contributed by atoms with Gasteiger partial charge in [-0.1, -0.05) is 31.2 Å². The van der Waals surface area contributed by atoms with E-state index in [1.807, 2.05) is 49.2 Å². The molecule has 1 unspecified atom stereocenters. The first-order valence-corrected chi connectivity index (χ1v) is 15.3. The number of benzene rings is 1. The smallest absolute Gasteiger partial charge is 0.347 e. The molecule has 0 radical (unpaired) electrons. The number of nitrogens with zero attached hydrogens (tertiary/aromatic N) is 8. The van der Waals surface area contributed by atoms with Gasteiger partial charge < -0.3 is 10.2 Å². The maximum absolute atomic E-state index is 13.1. The van der Waals surface area contributed by atoms with Gasteiger partial charge in [0, 0.05) is 44.5 Å². The van der Waals surface area contributed by atoms with Crippen molar-refractivity contribution in [2.24, 2.45) is 0 Å². The molecule has 4 aromatic rings. The molecular weight excluding hydrogens is 587 g/mol. The van der Waals surface area contributed by atoms with Crippen LogP contribution in [-0.4, -0.2) is 72.9 Å². The monoisotopic (exact) mass is 617 g/mol. The molecular formula is C27H30F3N9O3S. The van der Waals surface area contributed by atoms with Crippen LogP contribution in [0.3, 0.4) is 0 Å². The fourth-order valence-corrected chi connectivity index (χ4v) is 6.44. The largest absolute Gasteiger partial charge is 0.511 e. The second-order valence-electron chi connectivity index (χ2n) is 10.8. The lowest BCUT2D eigenvalue weighted by atomic mass is 9.97. The van der Waals surface area contributed by atoms with Crippen LogP contribution in [0.2, 0.25) is 0 Å². The van der Waals surface area contributed by atoms with E-state index in [0.29, 0.717) is 53.5 Å². The minimum Gasteiger partial charge on any atom is -0.347 e. The number of alkyl halides is 3. The average molecular weight is 618 g/mol. The van der Waals surface area contributed by atoms with E-state index in [1.165, 1.54) is 4.68 Å². The van der Waals surface area contributed by atoms with Gasteiger partial charge in [0.2, 0.25) is 11.7 Å². The van der Waals surface area contributed by atoms with Crippen molar-refractivity contribution in [2.45, 2.75) is 57.7 Å². The van der Waals surface area contributed by atoms with E-state index in [-0.39, 0.29) is 30.7 Å². The van der Waals surface area contributed by atoms with Gasteiger partial charge in [0.15, 0.2) is 0 Å². The molecule has 43 heavy (non-hydrogen) atoms. The summed E-state index contributed by atoms with van der Waals surface area (Å²) in [5, 5.41) is 7.42. The number of nitrogens with one attached hydrogen (secondary N) is 1. The Morgan fingerprint density at radius 2 is 1.88 bits per heavy atom. The highest BCUT2D eigenvalue weighted by atomic mass is 32.2. The minimum atomic E-state index is -5.43. The van der Waals surface area contributed by atoms with Crippen molar-refractivity contribution in [1.82, 2.24) is 38.8 Å². The molecule has 0 aliphatic carbocycles. The third-order valence-corrected chi connectivity index (χ3v) is 9.43. The number of imidazole rings is 1. The van der Waals surface area contributed by atoms with E-state index in [2.05, 4.69) is 25.4 Å². The van der Waals surface area contributed by atoms with Crippen molar-refractivity contribution < 1.29 is 26.4 Å². The van der Waals surface area contributed by atoms with E-state index in [4.69, 9.17) is 0 Å². The normalized spacial score (nSPS) is 17.9. The highest BCUT2D eigenvalue weighted by Gasteiger charge is 2.51. The third kappa shape index (κ3) is 5.44. The SMILES string of the molecule is CCc1nc2ncc(C)cn2c1C(=O)NCc1ccc(C2CCN(c3nc4n(n3)CCN(S(=O)(=O)C(F)(F)F)C4)C2)cc1. The van der Waals surface area contributed by atoms with Crippen LogP contribution in [0.1, 0.15) is 58.0 Å². The lowest BCUT2D eigenvalue weighted by Gasteiger charge is -2.26. The predicted molar refractivity (Wildman–Crippen MR) is 150 cm³/mol. The zero-order valence-electron chi connectivity index (χ0n) is 23.5. The Bertz CT molecular complexity index is 1780. The van der Waals surface area contributed by atoms with E-state index < -0.39 is 22.1 Å². The van der Waals surface area contributed by atoms with Crippen molar-refractivity contribution in [3.8, 4) is 0 Å². The molecule has 1 N–H and O–H groups in total. The molecule has 0 bridgehead atoms. The van der Waals surface area contributed by atoms with Gasteiger partial charge in [0.05, 0.1) is 18.8 Å². The second kappa shape index (κ2) is 10.9. The number of hydrogen-bond donors (Lipinski definition) is 1. The molecule has 1 atom stereocenters. The first-order chi connectivity index (χ1) is 20.4. The van der Waals surface area contributed by atoms with Gasteiger partial charge in [-0.3, -0.25) is 9.20 Å². The van der Waals surface area contributed by atoms with Gasteiger partial charge in [-0.25, -0.2) is 23.1 Å². The summed E-state index contributed by atoms with van der Waals surface area (Å²) in [6.45, 7) is 4.69. The van der Waals surface area contributed by atoms with Crippen LogP contribution in [0.5, 0.6) is 0 Å². The van der Waals surface area contributed by atoms with Crippen LogP contribution in [0.4, 0.5) is 19.1 Å². The number of halogens is 3. The lowest BCUT2D eigenvalue weighted by Crippen LogP contribution is -2.44. The lowest BCUT2D eigenvalue weighted by molar-refractivity contribution is -0.0496. The first kappa shape index (κ1) is 29.0. The predicted octanol–water partition coefficient (Wildman–Crippen LogP) is 2.78.